The molecule has 1 aromatic heterocycles. The summed E-state index contributed by atoms with van der Waals surface area (Å²) in [4.78, 5) is 16.4. The maximum absolute atomic E-state index is 11.8. The molecule has 0 unspecified atom stereocenters. The van der Waals surface area contributed by atoms with Gasteiger partial charge in [-0.1, -0.05) is 23.8 Å². The molecule has 0 radical (unpaired) electrons. The van der Waals surface area contributed by atoms with Crippen molar-refractivity contribution in [1.82, 2.24) is 4.98 Å². The number of aromatic nitrogens is 1. The number of nitrogens with zero attached hydrogens (tertiary/aromatic N) is 1. The molecule has 2 aromatic carbocycles. The molecule has 0 aliphatic rings. The van der Waals surface area contributed by atoms with Gasteiger partial charge in [-0.2, -0.15) is 0 Å². The van der Waals surface area contributed by atoms with E-state index in [0.717, 1.165) is 11.1 Å². The molecular formula is C20H19NO4. The van der Waals surface area contributed by atoms with Gasteiger partial charge in [0, 0.05) is 17.0 Å². The summed E-state index contributed by atoms with van der Waals surface area (Å²) in [5.74, 6) is 0.0265. The van der Waals surface area contributed by atoms with E-state index in [-0.39, 0.29) is 5.56 Å². The maximum atomic E-state index is 11.8. The molecule has 0 atom stereocenters. The molecular weight excluding hydrogens is 318 g/mol. The van der Waals surface area contributed by atoms with Gasteiger partial charge in [-0.25, -0.2) is 9.78 Å². The van der Waals surface area contributed by atoms with Crippen LogP contribution in [0.1, 0.15) is 22.8 Å². The lowest BCUT2D eigenvalue weighted by Gasteiger charge is -2.13. The maximum Gasteiger partial charge on any atom is 0.336 e. The largest absolute Gasteiger partial charge is 0.493 e. The number of carbonyl (C=O) groups is 1. The molecule has 0 aliphatic carbocycles. The van der Waals surface area contributed by atoms with Crippen LogP contribution in [0.3, 0.4) is 0 Å². The fourth-order valence-electron chi connectivity index (χ4n) is 2.79. The monoisotopic (exact) mass is 337 g/mol. The van der Waals surface area contributed by atoms with Gasteiger partial charge < -0.3 is 14.6 Å². The van der Waals surface area contributed by atoms with Gasteiger partial charge in [0.25, 0.3) is 0 Å². The van der Waals surface area contributed by atoms with E-state index in [1.807, 2.05) is 38.1 Å². The lowest BCUT2D eigenvalue weighted by Crippen LogP contribution is -2.02. The van der Waals surface area contributed by atoms with Gasteiger partial charge in [0.1, 0.15) is 0 Å². The fraction of sp³-hybridized carbons (Fsp3) is 0.200. The third-order valence-corrected chi connectivity index (χ3v) is 3.94. The van der Waals surface area contributed by atoms with Crippen molar-refractivity contribution in [2.75, 3.05) is 13.7 Å². The summed E-state index contributed by atoms with van der Waals surface area (Å²) >= 11 is 0. The Morgan fingerprint density at radius 2 is 1.96 bits per heavy atom. The van der Waals surface area contributed by atoms with Crippen molar-refractivity contribution in [3.8, 4) is 22.8 Å². The number of benzene rings is 2. The summed E-state index contributed by atoms with van der Waals surface area (Å²) < 4.78 is 10.9. The van der Waals surface area contributed by atoms with Gasteiger partial charge in [-0.05, 0) is 32.0 Å². The quantitative estimate of drug-likeness (QED) is 0.751. The summed E-state index contributed by atoms with van der Waals surface area (Å²) in [5, 5.41) is 10.2. The standard InChI is InChI=1S/C20H19NO4/c1-4-25-19-10-14-15(20(22)23)9-16(13-7-5-6-12(2)8-13)21-17(14)11-18(19)24-3/h5-11H,4H2,1-3H3,(H,22,23). The number of ether oxygens (including phenoxy) is 2. The Kier molecular flexibility index (Phi) is 4.57. The van der Waals surface area contributed by atoms with Crippen molar-refractivity contribution in [3.05, 3.63) is 53.6 Å². The van der Waals surface area contributed by atoms with Crippen molar-refractivity contribution in [2.24, 2.45) is 0 Å². The molecule has 1 N–H and O–H groups in total. The first-order chi connectivity index (χ1) is 12.0. The predicted molar refractivity (Wildman–Crippen MR) is 96.6 cm³/mol. The van der Waals surface area contributed by atoms with Crippen LogP contribution in [0.15, 0.2) is 42.5 Å². The Hall–Kier alpha value is -3.08. The van der Waals surface area contributed by atoms with E-state index in [9.17, 15) is 9.90 Å². The first-order valence-electron chi connectivity index (χ1n) is 7.99. The number of carboxylic acid groups (broad SMARTS) is 1. The van der Waals surface area contributed by atoms with Gasteiger partial charge in [-0.15, -0.1) is 0 Å². The zero-order valence-corrected chi connectivity index (χ0v) is 14.4. The summed E-state index contributed by atoms with van der Waals surface area (Å²) in [5.41, 5.74) is 3.31. The molecule has 128 valence electrons. The lowest BCUT2D eigenvalue weighted by molar-refractivity contribution is 0.0699. The number of rotatable bonds is 5. The molecule has 0 amide bonds. The second kappa shape index (κ2) is 6.81. The first-order valence-corrected chi connectivity index (χ1v) is 7.99. The van der Waals surface area contributed by atoms with Gasteiger partial charge in [0.2, 0.25) is 0 Å². The van der Waals surface area contributed by atoms with Gasteiger partial charge in [0.05, 0.1) is 30.5 Å². The topological polar surface area (TPSA) is 68.7 Å². The third-order valence-electron chi connectivity index (χ3n) is 3.94. The van der Waals surface area contributed by atoms with Gasteiger partial charge in [-0.3, -0.25) is 0 Å². The first kappa shape index (κ1) is 16.8. The van der Waals surface area contributed by atoms with E-state index in [1.54, 1.807) is 25.3 Å². The normalized spacial score (nSPS) is 10.7. The average Bonchev–Trinajstić information content (AvgIpc) is 2.60. The highest BCUT2D eigenvalue weighted by Gasteiger charge is 2.16. The Labute approximate surface area is 145 Å². The number of aryl methyl sites for hydroxylation is 1. The second-order valence-corrected chi connectivity index (χ2v) is 5.68. The van der Waals surface area contributed by atoms with Crippen LogP contribution in [0.2, 0.25) is 0 Å². The van der Waals surface area contributed by atoms with E-state index in [1.165, 1.54) is 0 Å². The van der Waals surface area contributed by atoms with Crippen molar-refractivity contribution in [1.29, 1.82) is 0 Å². The van der Waals surface area contributed by atoms with E-state index in [4.69, 9.17) is 9.47 Å². The smallest absolute Gasteiger partial charge is 0.336 e. The Balaban J connectivity index is 2.29. The van der Waals surface area contributed by atoms with E-state index >= 15 is 0 Å². The number of pyridine rings is 1. The van der Waals surface area contributed by atoms with Crippen LogP contribution in [-0.4, -0.2) is 29.8 Å². The van der Waals surface area contributed by atoms with Crippen molar-refractivity contribution >= 4 is 16.9 Å². The molecule has 5 nitrogen and oxygen atoms in total. The highest BCUT2D eigenvalue weighted by atomic mass is 16.5. The van der Waals surface area contributed by atoms with Gasteiger partial charge >= 0.3 is 5.97 Å². The molecule has 3 aromatic rings. The van der Waals surface area contributed by atoms with Crippen LogP contribution >= 0.6 is 0 Å². The van der Waals surface area contributed by atoms with Crippen LogP contribution in [-0.2, 0) is 0 Å². The summed E-state index contributed by atoms with van der Waals surface area (Å²) in [6.45, 7) is 4.31. The number of carboxylic acids is 1. The highest BCUT2D eigenvalue weighted by molar-refractivity contribution is 6.04. The second-order valence-electron chi connectivity index (χ2n) is 5.68. The minimum Gasteiger partial charge on any atom is -0.493 e. The Bertz CT molecular complexity index is 950. The summed E-state index contributed by atoms with van der Waals surface area (Å²) in [6, 6.07) is 12.8. The third kappa shape index (κ3) is 3.26. The molecule has 0 bridgehead atoms. The van der Waals surface area contributed by atoms with E-state index < -0.39 is 5.97 Å². The van der Waals surface area contributed by atoms with Crippen LogP contribution in [0.4, 0.5) is 0 Å². The number of fused-ring (bicyclic) bond motifs is 1. The van der Waals surface area contributed by atoms with Crippen LogP contribution in [0.25, 0.3) is 22.2 Å². The number of hydrogen-bond donors (Lipinski definition) is 1. The van der Waals surface area contributed by atoms with Crippen molar-refractivity contribution < 1.29 is 19.4 Å². The zero-order chi connectivity index (χ0) is 18.0. The van der Waals surface area contributed by atoms with Crippen LogP contribution < -0.4 is 9.47 Å². The summed E-state index contributed by atoms with van der Waals surface area (Å²) in [7, 11) is 1.55. The van der Waals surface area contributed by atoms with Crippen molar-refractivity contribution in [3.63, 3.8) is 0 Å². The molecule has 0 fully saturated rings. The predicted octanol–water partition coefficient (Wildman–Crippen LogP) is 4.32. The molecule has 5 heteroatoms. The van der Waals surface area contributed by atoms with Crippen molar-refractivity contribution in [2.45, 2.75) is 13.8 Å². The number of aromatic carboxylic acids is 1. The minimum absolute atomic E-state index is 0.185. The Morgan fingerprint density at radius 1 is 1.16 bits per heavy atom. The Morgan fingerprint density at radius 3 is 2.60 bits per heavy atom. The molecule has 1 heterocycles. The summed E-state index contributed by atoms with van der Waals surface area (Å²) in [6.07, 6.45) is 0. The van der Waals surface area contributed by atoms with Crippen LogP contribution in [0.5, 0.6) is 11.5 Å². The highest BCUT2D eigenvalue weighted by Crippen LogP contribution is 2.35. The zero-order valence-electron chi connectivity index (χ0n) is 14.4. The van der Waals surface area contributed by atoms with Gasteiger partial charge in [0.15, 0.2) is 11.5 Å². The molecule has 0 saturated heterocycles. The number of hydrogen-bond acceptors (Lipinski definition) is 4. The lowest BCUT2D eigenvalue weighted by atomic mass is 10.0. The molecule has 0 saturated carbocycles. The van der Waals surface area contributed by atoms with E-state index in [2.05, 4.69) is 4.98 Å². The molecule has 3 rings (SSSR count). The molecule has 0 aliphatic heterocycles. The average molecular weight is 337 g/mol. The molecule has 25 heavy (non-hydrogen) atoms. The molecule has 0 spiro atoms. The minimum atomic E-state index is -1.01. The fourth-order valence-corrected chi connectivity index (χ4v) is 2.79. The number of methoxy groups -OCH3 is 1. The SMILES string of the molecule is CCOc1cc2c(C(=O)O)cc(-c3cccc(C)c3)nc2cc1OC. The van der Waals surface area contributed by atoms with Crippen LogP contribution in [0, 0.1) is 6.92 Å². The van der Waals surface area contributed by atoms with E-state index in [0.29, 0.717) is 34.7 Å².